The van der Waals surface area contributed by atoms with Crippen molar-refractivity contribution in [3.63, 3.8) is 0 Å². The summed E-state index contributed by atoms with van der Waals surface area (Å²) in [4.78, 5) is 8.95. The third-order valence-corrected chi connectivity index (χ3v) is 4.73. The van der Waals surface area contributed by atoms with Gasteiger partial charge in [0.15, 0.2) is 0 Å². The van der Waals surface area contributed by atoms with Gasteiger partial charge in [0.05, 0.1) is 47.3 Å². The Morgan fingerprint density at radius 2 is 1.86 bits per heavy atom. The van der Waals surface area contributed by atoms with E-state index < -0.39 is 0 Å². The van der Waals surface area contributed by atoms with E-state index in [4.69, 9.17) is 9.72 Å². The molecule has 0 aliphatic carbocycles. The lowest BCUT2D eigenvalue weighted by Crippen LogP contribution is -2.21. The molecule has 7 nitrogen and oxygen atoms in total. The van der Waals surface area contributed by atoms with Gasteiger partial charge in [-0.05, 0) is 45.4 Å². The molecule has 0 fully saturated rings. The van der Waals surface area contributed by atoms with E-state index in [1.54, 1.807) is 30.3 Å². The molecular weight excluding hydrogens is 354 g/mol. The van der Waals surface area contributed by atoms with E-state index in [9.17, 15) is 5.11 Å². The molecule has 0 aliphatic heterocycles. The maximum atomic E-state index is 10.8. The Balaban J connectivity index is 1.84. The van der Waals surface area contributed by atoms with Gasteiger partial charge in [0.1, 0.15) is 5.75 Å². The Labute approximate surface area is 163 Å². The summed E-state index contributed by atoms with van der Waals surface area (Å²) in [6, 6.07) is 3.84. The lowest BCUT2D eigenvalue weighted by Gasteiger charge is -2.18. The summed E-state index contributed by atoms with van der Waals surface area (Å²) in [6.07, 6.45) is 8.90. The number of nitrogens with zero attached hydrogens (tertiary/aromatic N) is 5. The summed E-state index contributed by atoms with van der Waals surface area (Å²) in [7, 11) is 1.61. The van der Waals surface area contributed by atoms with Gasteiger partial charge in [-0.3, -0.25) is 14.2 Å². The van der Waals surface area contributed by atoms with Crippen molar-refractivity contribution in [2.24, 2.45) is 0 Å². The second-order valence-electron chi connectivity index (χ2n) is 7.83. The topological polar surface area (TPSA) is 78.0 Å². The number of aromatic nitrogens is 5. The van der Waals surface area contributed by atoms with Crippen molar-refractivity contribution in [3.05, 3.63) is 48.7 Å². The first-order chi connectivity index (χ1) is 13.3. The zero-order valence-corrected chi connectivity index (χ0v) is 16.6. The molecule has 1 N–H and O–H groups in total. The van der Waals surface area contributed by atoms with Crippen LogP contribution in [0, 0.1) is 6.92 Å². The fraction of sp³-hybridized carbons (Fsp3) is 0.286. The van der Waals surface area contributed by atoms with Crippen LogP contribution in [-0.2, 0) is 5.54 Å². The van der Waals surface area contributed by atoms with Crippen molar-refractivity contribution in [2.45, 2.75) is 33.2 Å². The van der Waals surface area contributed by atoms with E-state index in [2.05, 4.69) is 30.9 Å². The van der Waals surface area contributed by atoms with Crippen LogP contribution >= 0.6 is 0 Å². The summed E-state index contributed by atoms with van der Waals surface area (Å²) in [5.74, 6) is 0.829. The normalized spacial score (nSPS) is 11.9. The van der Waals surface area contributed by atoms with Crippen molar-refractivity contribution < 1.29 is 9.84 Å². The lowest BCUT2D eigenvalue weighted by atomic mass is 10.1. The molecule has 0 unspecified atom stereocenters. The van der Waals surface area contributed by atoms with Gasteiger partial charge < -0.3 is 9.84 Å². The fourth-order valence-electron chi connectivity index (χ4n) is 3.21. The van der Waals surface area contributed by atoms with E-state index in [-0.39, 0.29) is 11.4 Å². The van der Waals surface area contributed by atoms with Crippen molar-refractivity contribution >= 4 is 10.9 Å². The van der Waals surface area contributed by atoms with Crippen LogP contribution in [0.5, 0.6) is 11.6 Å². The number of ether oxygens (including phenoxy) is 1. The number of fused-ring (bicyclic) bond motifs is 1. The molecule has 0 aliphatic rings. The summed E-state index contributed by atoms with van der Waals surface area (Å²) in [5.41, 5.74) is 3.92. The van der Waals surface area contributed by atoms with Gasteiger partial charge in [0.25, 0.3) is 0 Å². The SMILES string of the molecule is COc1cncc(-c2cc(C)c3c(O)n(-c4cnn(C(C)(C)C)c4)cc3n2)c1. The van der Waals surface area contributed by atoms with E-state index in [0.29, 0.717) is 11.3 Å². The summed E-state index contributed by atoms with van der Waals surface area (Å²) in [6.45, 7) is 8.20. The van der Waals surface area contributed by atoms with Crippen LogP contribution in [0.3, 0.4) is 0 Å². The van der Waals surface area contributed by atoms with Gasteiger partial charge in [-0.1, -0.05) is 0 Å². The number of rotatable bonds is 3. The molecule has 0 radical (unpaired) electrons. The second-order valence-corrected chi connectivity index (χ2v) is 7.83. The largest absolute Gasteiger partial charge is 0.495 e. The Hall–Kier alpha value is -3.35. The molecule has 4 aromatic rings. The molecule has 0 amide bonds. The van der Waals surface area contributed by atoms with E-state index in [1.165, 1.54) is 0 Å². The second kappa shape index (κ2) is 6.37. The Kier molecular flexibility index (Phi) is 4.10. The predicted octanol–water partition coefficient (Wildman–Crippen LogP) is 4.06. The fourth-order valence-corrected chi connectivity index (χ4v) is 3.21. The van der Waals surface area contributed by atoms with Crippen LogP contribution in [-0.4, -0.2) is 36.5 Å². The number of pyridine rings is 2. The molecule has 7 heteroatoms. The highest BCUT2D eigenvalue weighted by Crippen LogP contribution is 2.34. The van der Waals surface area contributed by atoms with Crippen LogP contribution in [0.1, 0.15) is 26.3 Å². The van der Waals surface area contributed by atoms with E-state index in [1.807, 2.05) is 36.1 Å². The van der Waals surface area contributed by atoms with Gasteiger partial charge in [0.2, 0.25) is 5.88 Å². The number of hydrogen-bond donors (Lipinski definition) is 1. The maximum absolute atomic E-state index is 10.8. The maximum Gasteiger partial charge on any atom is 0.205 e. The predicted molar refractivity (Wildman–Crippen MR) is 108 cm³/mol. The Morgan fingerprint density at radius 3 is 2.54 bits per heavy atom. The molecule has 4 rings (SSSR count). The van der Waals surface area contributed by atoms with Crippen LogP contribution in [0.2, 0.25) is 0 Å². The monoisotopic (exact) mass is 377 g/mol. The molecule has 0 spiro atoms. The summed E-state index contributed by atoms with van der Waals surface area (Å²) < 4.78 is 8.85. The molecule has 28 heavy (non-hydrogen) atoms. The van der Waals surface area contributed by atoms with Crippen molar-refractivity contribution in [3.8, 4) is 28.6 Å². The zero-order chi connectivity index (χ0) is 20.1. The van der Waals surface area contributed by atoms with Crippen molar-refractivity contribution in [1.29, 1.82) is 0 Å². The first kappa shape index (κ1) is 18.0. The third-order valence-electron chi connectivity index (χ3n) is 4.73. The highest BCUT2D eigenvalue weighted by molar-refractivity contribution is 5.90. The average molecular weight is 377 g/mol. The molecule has 0 atom stereocenters. The van der Waals surface area contributed by atoms with Gasteiger partial charge in [0, 0.05) is 24.2 Å². The molecular formula is C21H23N5O2. The molecule has 144 valence electrons. The number of aromatic hydroxyl groups is 1. The minimum atomic E-state index is -0.138. The highest BCUT2D eigenvalue weighted by Gasteiger charge is 2.19. The molecule has 4 heterocycles. The van der Waals surface area contributed by atoms with E-state index in [0.717, 1.165) is 27.9 Å². The minimum absolute atomic E-state index is 0.138. The smallest absolute Gasteiger partial charge is 0.205 e. The molecule has 0 aromatic carbocycles. The van der Waals surface area contributed by atoms with Gasteiger partial charge in [-0.25, -0.2) is 4.98 Å². The summed E-state index contributed by atoms with van der Waals surface area (Å²) >= 11 is 0. The van der Waals surface area contributed by atoms with Crippen molar-refractivity contribution in [1.82, 2.24) is 24.3 Å². The van der Waals surface area contributed by atoms with Crippen LogP contribution in [0.25, 0.3) is 27.8 Å². The van der Waals surface area contributed by atoms with E-state index >= 15 is 0 Å². The standard InChI is InChI=1S/C21H23N5O2/c1-13-6-17(14-7-16(28-5)10-22-8-14)24-18-12-25(20(27)19(13)18)15-9-23-26(11-15)21(2,3)4/h6-12,27H,1-5H3. The number of hydrogen-bond acceptors (Lipinski definition) is 5. The molecule has 4 aromatic heterocycles. The number of aryl methyl sites for hydroxylation is 1. The molecule has 0 saturated heterocycles. The zero-order valence-electron chi connectivity index (χ0n) is 16.6. The van der Waals surface area contributed by atoms with Crippen LogP contribution < -0.4 is 4.74 Å². The Bertz CT molecular complexity index is 1170. The summed E-state index contributed by atoms with van der Waals surface area (Å²) in [5, 5.41) is 16.0. The molecule has 0 saturated carbocycles. The molecule has 0 bridgehead atoms. The number of methoxy groups -OCH3 is 1. The average Bonchev–Trinajstić information content (AvgIpc) is 3.26. The quantitative estimate of drug-likeness (QED) is 0.582. The highest BCUT2D eigenvalue weighted by atomic mass is 16.5. The van der Waals surface area contributed by atoms with Gasteiger partial charge in [-0.2, -0.15) is 5.10 Å². The first-order valence-corrected chi connectivity index (χ1v) is 9.04. The lowest BCUT2D eigenvalue weighted by molar-refractivity contribution is 0.355. The van der Waals surface area contributed by atoms with Gasteiger partial charge >= 0.3 is 0 Å². The minimum Gasteiger partial charge on any atom is -0.495 e. The Morgan fingerprint density at radius 1 is 1.07 bits per heavy atom. The first-order valence-electron chi connectivity index (χ1n) is 9.04. The van der Waals surface area contributed by atoms with Crippen molar-refractivity contribution in [2.75, 3.05) is 7.11 Å². The van der Waals surface area contributed by atoms with Crippen LogP contribution in [0.15, 0.2) is 43.1 Å². The van der Waals surface area contributed by atoms with Gasteiger partial charge in [-0.15, -0.1) is 0 Å². The third kappa shape index (κ3) is 2.98. The van der Waals surface area contributed by atoms with Crippen LogP contribution in [0.4, 0.5) is 0 Å².